The number of halogens is 1. The average molecular weight is 268 g/mol. The van der Waals surface area contributed by atoms with Crippen LogP contribution in [0.25, 0.3) is 0 Å². The Balaban J connectivity index is 2.00. The third-order valence-electron chi connectivity index (χ3n) is 3.36. The standard InChI is InChI=1S/C13H18ClN3O/c1-9-3-4-10(2)17(8-9)13(18)16-11-5-6-12(14)15-7-11/h5-7,9-10H,3-4,8H2,1-2H3,(H,16,18)/t9-,10-/m0/s1. The largest absolute Gasteiger partial charge is 0.322 e. The Labute approximate surface area is 112 Å². The Morgan fingerprint density at radius 1 is 1.44 bits per heavy atom. The Morgan fingerprint density at radius 3 is 2.89 bits per heavy atom. The lowest BCUT2D eigenvalue weighted by Gasteiger charge is -2.36. The summed E-state index contributed by atoms with van der Waals surface area (Å²) in [6.45, 7) is 5.08. The number of anilines is 1. The van der Waals surface area contributed by atoms with Crippen molar-refractivity contribution in [2.45, 2.75) is 32.7 Å². The van der Waals surface area contributed by atoms with Gasteiger partial charge in [0.2, 0.25) is 0 Å². The van der Waals surface area contributed by atoms with Gasteiger partial charge in [-0.1, -0.05) is 18.5 Å². The van der Waals surface area contributed by atoms with Crippen molar-refractivity contribution in [2.75, 3.05) is 11.9 Å². The zero-order valence-corrected chi connectivity index (χ0v) is 11.4. The van der Waals surface area contributed by atoms with E-state index in [2.05, 4.69) is 24.1 Å². The molecule has 0 bridgehead atoms. The summed E-state index contributed by atoms with van der Waals surface area (Å²) < 4.78 is 0. The van der Waals surface area contributed by atoms with Crippen LogP contribution < -0.4 is 5.32 Å². The number of nitrogens with zero attached hydrogens (tertiary/aromatic N) is 2. The van der Waals surface area contributed by atoms with E-state index in [9.17, 15) is 4.79 Å². The summed E-state index contributed by atoms with van der Waals surface area (Å²) in [4.78, 5) is 18.0. The predicted octanol–water partition coefficient (Wildman–Crippen LogP) is 3.39. The number of nitrogens with one attached hydrogen (secondary N) is 1. The first kappa shape index (κ1) is 13.1. The molecule has 0 spiro atoms. The normalized spacial score (nSPS) is 23.8. The van der Waals surface area contributed by atoms with Gasteiger partial charge in [-0.25, -0.2) is 9.78 Å². The van der Waals surface area contributed by atoms with Gasteiger partial charge in [0.05, 0.1) is 11.9 Å². The maximum absolute atomic E-state index is 12.2. The summed E-state index contributed by atoms with van der Waals surface area (Å²) in [5, 5.41) is 3.28. The van der Waals surface area contributed by atoms with Crippen LogP contribution in [0, 0.1) is 5.92 Å². The van der Waals surface area contributed by atoms with E-state index >= 15 is 0 Å². The van der Waals surface area contributed by atoms with Gasteiger partial charge in [-0.3, -0.25) is 0 Å². The van der Waals surface area contributed by atoms with E-state index in [4.69, 9.17) is 11.6 Å². The Bertz CT molecular complexity index is 421. The van der Waals surface area contributed by atoms with Gasteiger partial charge in [-0.2, -0.15) is 0 Å². The Hall–Kier alpha value is -1.29. The van der Waals surface area contributed by atoms with Gasteiger partial charge in [0.1, 0.15) is 5.15 Å². The first-order valence-corrected chi connectivity index (χ1v) is 6.63. The first-order chi connectivity index (χ1) is 8.56. The van der Waals surface area contributed by atoms with Crippen LogP contribution >= 0.6 is 11.6 Å². The maximum atomic E-state index is 12.2. The second-order valence-corrected chi connectivity index (χ2v) is 5.37. The van der Waals surface area contributed by atoms with Crippen molar-refractivity contribution in [3.05, 3.63) is 23.5 Å². The third kappa shape index (κ3) is 3.13. The molecule has 5 heteroatoms. The van der Waals surface area contributed by atoms with Crippen LogP contribution in [0.5, 0.6) is 0 Å². The van der Waals surface area contributed by atoms with Crippen molar-refractivity contribution in [1.82, 2.24) is 9.88 Å². The molecule has 1 aliphatic rings. The predicted molar refractivity (Wildman–Crippen MR) is 72.8 cm³/mol. The molecule has 1 N–H and O–H groups in total. The number of piperidine rings is 1. The summed E-state index contributed by atoms with van der Waals surface area (Å²) in [7, 11) is 0. The van der Waals surface area contributed by atoms with Crippen LogP contribution in [0.2, 0.25) is 5.15 Å². The van der Waals surface area contributed by atoms with Gasteiger partial charge >= 0.3 is 6.03 Å². The number of pyridine rings is 1. The number of likely N-dealkylation sites (tertiary alicyclic amines) is 1. The number of carbonyl (C=O) groups excluding carboxylic acids is 1. The number of hydrogen-bond acceptors (Lipinski definition) is 2. The number of hydrogen-bond donors (Lipinski definition) is 1. The number of urea groups is 1. The zero-order chi connectivity index (χ0) is 13.1. The van der Waals surface area contributed by atoms with Crippen molar-refractivity contribution in [3.63, 3.8) is 0 Å². The van der Waals surface area contributed by atoms with E-state index < -0.39 is 0 Å². The van der Waals surface area contributed by atoms with Crippen molar-refractivity contribution < 1.29 is 4.79 Å². The van der Waals surface area contributed by atoms with Gasteiger partial charge in [0, 0.05) is 12.6 Å². The van der Waals surface area contributed by atoms with E-state index in [0.717, 1.165) is 13.0 Å². The van der Waals surface area contributed by atoms with Crippen LogP contribution in [-0.4, -0.2) is 28.5 Å². The lowest BCUT2D eigenvalue weighted by molar-refractivity contribution is 0.147. The molecule has 0 aromatic carbocycles. The first-order valence-electron chi connectivity index (χ1n) is 6.25. The van der Waals surface area contributed by atoms with Gasteiger partial charge in [0.15, 0.2) is 0 Å². The monoisotopic (exact) mass is 267 g/mol. The molecule has 98 valence electrons. The number of rotatable bonds is 1. The van der Waals surface area contributed by atoms with E-state index in [1.54, 1.807) is 18.3 Å². The zero-order valence-electron chi connectivity index (χ0n) is 10.7. The molecule has 2 atom stereocenters. The number of aromatic nitrogens is 1. The summed E-state index contributed by atoms with van der Waals surface area (Å²) in [6.07, 6.45) is 3.82. The minimum atomic E-state index is -0.0572. The smallest absolute Gasteiger partial charge is 0.322 e. The molecular formula is C13H18ClN3O. The van der Waals surface area contributed by atoms with Gasteiger partial charge < -0.3 is 10.2 Å². The lowest BCUT2D eigenvalue weighted by Crippen LogP contribution is -2.46. The summed E-state index contributed by atoms with van der Waals surface area (Å²) in [5.41, 5.74) is 0.676. The van der Waals surface area contributed by atoms with Crippen LogP contribution in [0.1, 0.15) is 26.7 Å². The highest BCUT2D eigenvalue weighted by Crippen LogP contribution is 2.22. The van der Waals surface area contributed by atoms with E-state index in [0.29, 0.717) is 22.8 Å². The fourth-order valence-electron chi connectivity index (χ4n) is 2.22. The molecule has 1 aromatic heterocycles. The minimum absolute atomic E-state index is 0.0572. The fourth-order valence-corrected chi connectivity index (χ4v) is 2.33. The van der Waals surface area contributed by atoms with Crippen molar-refractivity contribution in [1.29, 1.82) is 0 Å². The second kappa shape index (κ2) is 5.57. The molecule has 1 saturated heterocycles. The molecule has 0 unspecified atom stereocenters. The average Bonchev–Trinajstić information content (AvgIpc) is 2.35. The molecule has 0 radical (unpaired) electrons. The van der Waals surface area contributed by atoms with E-state index in [1.807, 2.05) is 4.90 Å². The Kier molecular flexibility index (Phi) is 4.07. The highest BCUT2D eigenvalue weighted by Gasteiger charge is 2.26. The van der Waals surface area contributed by atoms with Crippen molar-refractivity contribution in [2.24, 2.45) is 5.92 Å². The highest BCUT2D eigenvalue weighted by atomic mass is 35.5. The molecule has 4 nitrogen and oxygen atoms in total. The van der Waals surface area contributed by atoms with Gasteiger partial charge in [0.25, 0.3) is 0 Å². The molecule has 1 aromatic rings. The molecule has 2 amide bonds. The van der Waals surface area contributed by atoms with E-state index in [-0.39, 0.29) is 6.03 Å². The molecule has 1 fully saturated rings. The van der Waals surface area contributed by atoms with Gasteiger partial charge in [-0.15, -0.1) is 0 Å². The minimum Gasteiger partial charge on any atom is -0.322 e. The van der Waals surface area contributed by atoms with Crippen LogP contribution in [0.3, 0.4) is 0 Å². The summed E-state index contributed by atoms with van der Waals surface area (Å²) in [5.74, 6) is 0.565. The molecule has 18 heavy (non-hydrogen) atoms. The molecule has 0 saturated carbocycles. The number of carbonyl (C=O) groups is 1. The third-order valence-corrected chi connectivity index (χ3v) is 3.58. The SMILES string of the molecule is C[C@H]1CC[C@H](C)N(C(=O)Nc2ccc(Cl)nc2)C1. The van der Waals surface area contributed by atoms with Crippen molar-refractivity contribution in [3.8, 4) is 0 Å². The van der Waals surface area contributed by atoms with Crippen LogP contribution in [0.4, 0.5) is 10.5 Å². The maximum Gasteiger partial charge on any atom is 0.322 e. The highest BCUT2D eigenvalue weighted by molar-refractivity contribution is 6.29. The molecule has 2 heterocycles. The molecule has 0 aliphatic carbocycles. The molecule has 2 rings (SSSR count). The summed E-state index contributed by atoms with van der Waals surface area (Å²) in [6, 6.07) is 3.66. The topological polar surface area (TPSA) is 45.2 Å². The van der Waals surface area contributed by atoms with Crippen LogP contribution in [0.15, 0.2) is 18.3 Å². The lowest BCUT2D eigenvalue weighted by atomic mass is 9.95. The Morgan fingerprint density at radius 2 is 2.22 bits per heavy atom. The van der Waals surface area contributed by atoms with E-state index in [1.165, 1.54) is 6.42 Å². The molecular weight excluding hydrogens is 250 g/mol. The molecule has 1 aliphatic heterocycles. The fraction of sp³-hybridized carbons (Fsp3) is 0.538. The van der Waals surface area contributed by atoms with Crippen molar-refractivity contribution >= 4 is 23.3 Å². The summed E-state index contributed by atoms with van der Waals surface area (Å²) >= 11 is 5.70. The number of amides is 2. The quantitative estimate of drug-likeness (QED) is 0.793. The van der Waals surface area contributed by atoms with Crippen LogP contribution in [-0.2, 0) is 0 Å². The van der Waals surface area contributed by atoms with Gasteiger partial charge in [-0.05, 0) is 37.8 Å². The second-order valence-electron chi connectivity index (χ2n) is 4.98.